The Balaban J connectivity index is 2.00. The van der Waals surface area contributed by atoms with Gasteiger partial charge < -0.3 is 10.0 Å². The first-order valence-electron chi connectivity index (χ1n) is 5.99. The molecule has 0 spiro atoms. The predicted octanol–water partition coefficient (Wildman–Crippen LogP) is 2.04. The maximum absolute atomic E-state index is 10.7. The summed E-state index contributed by atoms with van der Waals surface area (Å²) in [4.78, 5) is 14.9. The summed E-state index contributed by atoms with van der Waals surface area (Å²) < 4.78 is 1.09. The van der Waals surface area contributed by atoms with Crippen LogP contribution < -0.4 is 4.90 Å². The molecule has 5 heteroatoms. The SMILES string of the molecule is CN(CC(=O)O)C1CCN(c2ccccc2Br)C1. The van der Waals surface area contributed by atoms with Crippen molar-refractivity contribution in [2.45, 2.75) is 12.5 Å². The van der Waals surface area contributed by atoms with Gasteiger partial charge in [0.2, 0.25) is 0 Å². The molecule has 0 amide bonds. The molecule has 1 unspecified atom stereocenters. The number of carboxylic acids is 1. The van der Waals surface area contributed by atoms with E-state index >= 15 is 0 Å². The van der Waals surface area contributed by atoms with Gasteiger partial charge in [0, 0.05) is 23.6 Å². The van der Waals surface area contributed by atoms with E-state index in [0.29, 0.717) is 6.04 Å². The van der Waals surface area contributed by atoms with Gasteiger partial charge in [-0.05, 0) is 41.5 Å². The van der Waals surface area contributed by atoms with Crippen LogP contribution in [-0.4, -0.2) is 48.7 Å². The average molecular weight is 313 g/mol. The second-order valence-corrected chi connectivity index (χ2v) is 5.50. The minimum Gasteiger partial charge on any atom is -0.480 e. The summed E-state index contributed by atoms with van der Waals surface area (Å²) in [5.41, 5.74) is 1.18. The zero-order valence-electron chi connectivity index (χ0n) is 10.3. The molecule has 1 atom stereocenters. The fraction of sp³-hybridized carbons (Fsp3) is 0.462. The quantitative estimate of drug-likeness (QED) is 0.924. The fourth-order valence-electron chi connectivity index (χ4n) is 2.37. The molecule has 1 aliphatic rings. The third-order valence-electron chi connectivity index (χ3n) is 3.36. The summed E-state index contributed by atoms with van der Waals surface area (Å²) in [7, 11) is 1.88. The van der Waals surface area contributed by atoms with Crippen molar-refractivity contribution in [1.82, 2.24) is 4.90 Å². The molecule has 0 bridgehead atoms. The molecule has 0 saturated carbocycles. The van der Waals surface area contributed by atoms with Crippen LogP contribution in [0, 0.1) is 0 Å². The lowest BCUT2D eigenvalue weighted by Crippen LogP contribution is -2.37. The summed E-state index contributed by atoms with van der Waals surface area (Å²) in [6.45, 7) is 1.96. The third kappa shape index (κ3) is 3.03. The minimum absolute atomic E-state index is 0.106. The summed E-state index contributed by atoms with van der Waals surface area (Å²) in [5, 5.41) is 8.81. The Morgan fingerprint density at radius 3 is 2.94 bits per heavy atom. The van der Waals surface area contributed by atoms with Crippen molar-refractivity contribution in [2.24, 2.45) is 0 Å². The molecule has 2 rings (SSSR count). The third-order valence-corrected chi connectivity index (χ3v) is 4.04. The first kappa shape index (κ1) is 13.4. The van der Waals surface area contributed by atoms with Crippen molar-refractivity contribution in [3.8, 4) is 0 Å². The lowest BCUT2D eigenvalue weighted by Gasteiger charge is -2.24. The highest BCUT2D eigenvalue weighted by Crippen LogP contribution is 2.29. The number of carboxylic acid groups (broad SMARTS) is 1. The van der Waals surface area contributed by atoms with Crippen molar-refractivity contribution in [1.29, 1.82) is 0 Å². The molecule has 1 N–H and O–H groups in total. The van der Waals surface area contributed by atoms with Gasteiger partial charge in [0.25, 0.3) is 0 Å². The summed E-state index contributed by atoms with van der Waals surface area (Å²) in [5.74, 6) is -0.767. The maximum atomic E-state index is 10.7. The highest BCUT2D eigenvalue weighted by molar-refractivity contribution is 9.10. The molecule has 1 heterocycles. The molecule has 18 heavy (non-hydrogen) atoms. The van der Waals surface area contributed by atoms with Gasteiger partial charge in [-0.2, -0.15) is 0 Å². The van der Waals surface area contributed by atoms with Crippen molar-refractivity contribution in [3.05, 3.63) is 28.7 Å². The van der Waals surface area contributed by atoms with Crippen LogP contribution in [0.3, 0.4) is 0 Å². The van der Waals surface area contributed by atoms with Crippen molar-refractivity contribution >= 4 is 27.6 Å². The predicted molar refractivity (Wildman–Crippen MR) is 75.0 cm³/mol. The van der Waals surface area contributed by atoms with Crippen molar-refractivity contribution in [2.75, 3.05) is 31.6 Å². The number of likely N-dealkylation sites (N-methyl/N-ethyl adjacent to an activating group) is 1. The van der Waals surface area contributed by atoms with E-state index in [1.165, 1.54) is 5.69 Å². The molecule has 0 aliphatic carbocycles. The number of nitrogens with zero attached hydrogens (tertiary/aromatic N) is 2. The lowest BCUT2D eigenvalue weighted by molar-refractivity contribution is -0.138. The smallest absolute Gasteiger partial charge is 0.317 e. The number of rotatable bonds is 4. The number of aliphatic carboxylic acids is 1. The maximum Gasteiger partial charge on any atom is 0.317 e. The average Bonchev–Trinajstić information content (AvgIpc) is 2.78. The van der Waals surface area contributed by atoms with Gasteiger partial charge in [-0.15, -0.1) is 0 Å². The standard InChI is InChI=1S/C13H17BrN2O2/c1-15(9-13(17)18)10-6-7-16(8-10)12-5-3-2-4-11(12)14/h2-5,10H,6-9H2,1H3,(H,17,18). The Morgan fingerprint density at radius 1 is 1.56 bits per heavy atom. The second kappa shape index (κ2) is 5.71. The van der Waals surface area contributed by atoms with Gasteiger partial charge in [0.05, 0.1) is 12.2 Å². The van der Waals surface area contributed by atoms with Crippen molar-refractivity contribution < 1.29 is 9.90 Å². The van der Waals surface area contributed by atoms with E-state index in [0.717, 1.165) is 24.0 Å². The van der Waals surface area contributed by atoms with Crippen molar-refractivity contribution in [3.63, 3.8) is 0 Å². The van der Waals surface area contributed by atoms with E-state index in [1.807, 2.05) is 30.1 Å². The van der Waals surface area contributed by atoms with Gasteiger partial charge in [-0.25, -0.2) is 0 Å². The number of anilines is 1. The molecule has 98 valence electrons. The molecule has 1 aromatic rings. The molecule has 1 aromatic carbocycles. The van der Waals surface area contributed by atoms with Crippen LogP contribution >= 0.6 is 15.9 Å². The zero-order valence-corrected chi connectivity index (χ0v) is 11.9. The van der Waals surface area contributed by atoms with Crippen LogP contribution in [0.4, 0.5) is 5.69 Å². The molecule has 1 aliphatic heterocycles. The molecular formula is C13H17BrN2O2. The summed E-state index contributed by atoms with van der Waals surface area (Å²) in [6.07, 6.45) is 1.01. The number of hydrogen-bond acceptors (Lipinski definition) is 3. The molecule has 0 radical (unpaired) electrons. The van der Waals surface area contributed by atoms with Crippen LogP contribution in [-0.2, 0) is 4.79 Å². The van der Waals surface area contributed by atoms with Crippen LogP contribution in [0.1, 0.15) is 6.42 Å². The Labute approximate surface area is 115 Å². The molecular weight excluding hydrogens is 296 g/mol. The molecule has 4 nitrogen and oxygen atoms in total. The largest absolute Gasteiger partial charge is 0.480 e. The Hall–Kier alpha value is -1.07. The van der Waals surface area contributed by atoms with Gasteiger partial charge in [-0.3, -0.25) is 9.69 Å². The molecule has 0 aromatic heterocycles. The van der Waals surface area contributed by atoms with Crippen LogP contribution in [0.15, 0.2) is 28.7 Å². The van der Waals surface area contributed by atoms with Crippen LogP contribution in [0.2, 0.25) is 0 Å². The normalized spacial score (nSPS) is 19.5. The highest BCUT2D eigenvalue weighted by Gasteiger charge is 2.27. The Morgan fingerprint density at radius 2 is 2.28 bits per heavy atom. The number of para-hydroxylation sites is 1. The number of carbonyl (C=O) groups is 1. The monoisotopic (exact) mass is 312 g/mol. The fourth-order valence-corrected chi connectivity index (χ4v) is 2.91. The summed E-state index contributed by atoms with van der Waals surface area (Å²) in [6, 6.07) is 8.45. The first-order valence-corrected chi connectivity index (χ1v) is 6.78. The van der Waals surface area contributed by atoms with E-state index in [4.69, 9.17) is 5.11 Å². The Kier molecular flexibility index (Phi) is 4.24. The minimum atomic E-state index is -0.767. The number of benzene rings is 1. The van der Waals surface area contributed by atoms with Crippen LogP contribution in [0.5, 0.6) is 0 Å². The Bertz CT molecular complexity index is 439. The molecule has 1 fully saturated rings. The summed E-state index contributed by atoms with van der Waals surface area (Å²) >= 11 is 3.55. The lowest BCUT2D eigenvalue weighted by atomic mass is 10.2. The van der Waals surface area contributed by atoms with E-state index < -0.39 is 5.97 Å². The van der Waals surface area contributed by atoms with E-state index in [2.05, 4.69) is 26.9 Å². The van der Waals surface area contributed by atoms with E-state index in [-0.39, 0.29) is 6.54 Å². The first-order chi connectivity index (χ1) is 8.58. The number of hydrogen-bond donors (Lipinski definition) is 1. The van der Waals surface area contributed by atoms with Gasteiger partial charge in [-0.1, -0.05) is 12.1 Å². The second-order valence-electron chi connectivity index (χ2n) is 4.65. The zero-order chi connectivity index (χ0) is 13.1. The van der Waals surface area contributed by atoms with E-state index in [1.54, 1.807) is 0 Å². The van der Waals surface area contributed by atoms with Gasteiger partial charge >= 0.3 is 5.97 Å². The highest BCUT2D eigenvalue weighted by atomic mass is 79.9. The van der Waals surface area contributed by atoms with Gasteiger partial charge in [0.15, 0.2) is 0 Å². The topological polar surface area (TPSA) is 43.8 Å². The number of halogens is 1. The van der Waals surface area contributed by atoms with E-state index in [9.17, 15) is 4.79 Å². The van der Waals surface area contributed by atoms with Gasteiger partial charge in [0.1, 0.15) is 0 Å². The molecule has 1 saturated heterocycles. The van der Waals surface area contributed by atoms with Crippen LogP contribution in [0.25, 0.3) is 0 Å².